The van der Waals surface area contributed by atoms with E-state index in [2.05, 4.69) is 5.10 Å². The van der Waals surface area contributed by atoms with Crippen molar-refractivity contribution < 1.29 is 14.6 Å². The van der Waals surface area contributed by atoms with E-state index < -0.39 is 5.97 Å². The molecule has 0 radical (unpaired) electrons. The number of benzene rings is 1. The molecular formula is C13H14N2O3. The first kappa shape index (κ1) is 12.2. The molecule has 0 spiro atoms. The summed E-state index contributed by atoms with van der Waals surface area (Å²) in [4.78, 5) is 11.1. The van der Waals surface area contributed by atoms with E-state index in [1.165, 1.54) is 6.20 Å². The van der Waals surface area contributed by atoms with Gasteiger partial charge in [-0.1, -0.05) is 6.92 Å². The zero-order chi connectivity index (χ0) is 13.1. The fourth-order valence-electron chi connectivity index (χ4n) is 1.84. The maximum absolute atomic E-state index is 11.1. The van der Waals surface area contributed by atoms with Gasteiger partial charge in [0.05, 0.1) is 24.7 Å². The number of methoxy groups -OCH3 is 1. The van der Waals surface area contributed by atoms with Crippen molar-refractivity contribution >= 4 is 5.97 Å². The molecular weight excluding hydrogens is 232 g/mol. The summed E-state index contributed by atoms with van der Waals surface area (Å²) < 4.78 is 6.72. The van der Waals surface area contributed by atoms with Crippen LogP contribution in [0.5, 0.6) is 5.75 Å². The predicted molar refractivity (Wildman–Crippen MR) is 66.5 cm³/mol. The van der Waals surface area contributed by atoms with Crippen LogP contribution in [0.15, 0.2) is 30.5 Å². The third-order valence-corrected chi connectivity index (χ3v) is 2.75. The summed E-state index contributed by atoms with van der Waals surface area (Å²) in [7, 11) is 1.60. The van der Waals surface area contributed by atoms with E-state index in [9.17, 15) is 4.79 Å². The van der Waals surface area contributed by atoms with Crippen molar-refractivity contribution in [2.75, 3.05) is 7.11 Å². The number of carboxylic acid groups (broad SMARTS) is 1. The summed E-state index contributed by atoms with van der Waals surface area (Å²) in [5, 5.41) is 13.2. The number of hydrogen-bond acceptors (Lipinski definition) is 3. The Hall–Kier alpha value is -2.30. The average molecular weight is 246 g/mol. The first-order chi connectivity index (χ1) is 8.67. The molecule has 0 atom stereocenters. The van der Waals surface area contributed by atoms with E-state index in [0.29, 0.717) is 12.1 Å². The second-order valence-electron chi connectivity index (χ2n) is 3.77. The lowest BCUT2D eigenvalue weighted by Gasteiger charge is -2.07. The number of ether oxygens (including phenoxy) is 1. The van der Waals surface area contributed by atoms with Crippen LogP contribution in [0.2, 0.25) is 0 Å². The number of carbonyl (C=O) groups is 1. The standard InChI is InChI=1S/C13H14N2O3/c1-3-12-11(13(16)17)8-14-15(12)9-4-6-10(18-2)7-5-9/h4-8H,3H2,1-2H3,(H,16,17). The summed E-state index contributed by atoms with van der Waals surface area (Å²) in [5.41, 5.74) is 1.75. The van der Waals surface area contributed by atoms with Crippen LogP contribution in [0, 0.1) is 0 Å². The zero-order valence-electron chi connectivity index (χ0n) is 10.3. The molecule has 0 bridgehead atoms. The van der Waals surface area contributed by atoms with E-state index in [-0.39, 0.29) is 5.56 Å². The Morgan fingerprint density at radius 2 is 2.06 bits per heavy atom. The minimum absolute atomic E-state index is 0.244. The molecule has 5 heteroatoms. The van der Waals surface area contributed by atoms with Gasteiger partial charge in [0.15, 0.2) is 0 Å². The Labute approximate surface area is 105 Å². The number of aromatic carboxylic acids is 1. The number of nitrogens with zero attached hydrogens (tertiary/aromatic N) is 2. The van der Waals surface area contributed by atoms with E-state index in [1.807, 2.05) is 31.2 Å². The van der Waals surface area contributed by atoms with E-state index in [4.69, 9.17) is 9.84 Å². The van der Waals surface area contributed by atoms with Crippen LogP contribution in [0.1, 0.15) is 23.0 Å². The van der Waals surface area contributed by atoms with Crippen LogP contribution in [0.3, 0.4) is 0 Å². The van der Waals surface area contributed by atoms with Crippen LogP contribution in [-0.4, -0.2) is 28.0 Å². The molecule has 0 aliphatic heterocycles. The quantitative estimate of drug-likeness (QED) is 0.897. The summed E-state index contributed by atoms with van der Waals surface area (Å²) >= 11 is 0. The van der Waals surface area contributed by atoms with Crippen LogP contribution < -0.4 is 4.74 Å². The molecule has 0 aliphatic rings. The number of rotatable bonds is 4. The van der Waals surface area contributed by atoms with E-state index >= 15 is 0 Å². The topological polar surface area (TPSA) is 64.3 Å². The van der Waals surface area contributed by atoms with Gasteiger partial charge < -0.3 is 9.84 Å². The Morgan fingerprint density at radius 1 is 1.39 bits per heavy atom. The maximum Gasteiger partial charge on any atom is 0.339 e. The number of carboxylic acids is 1. The molecule has 1 aromatic carbocycles. The molecule has 0 aliphatic carbocycles. The van der Waals surface area contributed by atoms with Crippen molar-refractivity contribution in [3.05, 3.63) is 41.7 Å². The summed E-state index contributed by atoms with van der Waals surface area (Å²) in [6.45, 7) is 1.91. The first-order valence-electron chi connectivity index (χ1n) is 5.62. The maximum atomic E-state index is 11.1. The van der Waals surface area contributed by atoms with Gasteiger partial charge in [-0.3, -0.25) is 0 Å². The molecule has 1 N–H and O–H groups in total. The van der Waals surface area contributed by atoms with Gasteiger partial charge in [0.25, 0.3) is 0 Å². The molecule has 5 nitrogen and oxygen atoms in total. The third-order valence-electron chi connectivity index (χ3n) is 2.75. The van der Waals surface area contributed by atoms with Crippen molar-refractivity contribution in [1.82, 2.24) is 9.78 Å². The Morgan fingerprint density at radius 3 is 2.56 bits per heavy atom. The highest BCUT2D eigenvalue weighted by Crippen LogP contribution is 2.18. The Bertz CT molecular complexity index is 558. The smallest absolute Gasteiger partial charge is 0.339 e. The lowest BCUT2D eigenvalue weighted by Crippen LogP contribution is -2.05. The molecule has 0 amide bonds. The van der Waals surface area contributed by atoms with Crippen LogP contribution >= 0.6 is 0 Å². The molecule has 1 aromatic heterocycles. The van der Waals surface area contributed by atoms with E-state index in [1.54, 1.807) is 11.8 Å². The van der Waals surface area contributed by atoms with Gasteiger partial charge in [-0.05, 0) is 30.7 Å². The lowest BCUT2D eigenvalue weighted by atomic mass is 10.2. The average Bonchev–Trinajstić information content (AvgIpc) is 2.82. The minimum Gasteiger partial charge on any atom is -0.497 e. The Kier molecular flexibility index (Phi) is 3.32. The van der Waals surface area contributed by atoms with Gasteiger partial charge in [0, 0.05) is 0 Å². The molecule has 0 fully saturated rings. The van der Waals surface area contributed by atoms with Crippen molar-refractivity contribution in [3.8, 4) is 11.4 Å². The Balaban J connectivity index is 2.46. The van der Waals surface area contributed by atoms with Crippen molar-refractivity contribution in [3.63, 3.8) is 0 Å². The van der Waals surface area contributed by atoms with Gasteiger partial charge >= 0.3 is 5.97 Å². The summed E-state index contributed by atoms with van der Waals surface area (Å²) in [6.07, 6.45) is 1.99. The molecule has 1 heterocycles. The van der Waals surface area contributed by atoms with Crippen LogP contribution in [0.4, 0.5) is 0 Å². The predicted octanol–water partition coefficient (Wildman–Crippen LogP) is 2.14. The molecule has 2 rings (SSSR count). The summed E-state index contributed by atoms with van der Waals surface area (Å²) in [6, 6.07) is 7.32. The van der Waals surface area contributed by atoms with Gasteiger partial charge in [0.2, 0.25) is 0 Å². The van der Waals surface area contributed by atoms with Gasteiger partial charge in [-0.2, -0.15) is 5.10 Å². The lowest BCUT2D eigenvalue weighted by molar-refractivity contribution is 0.0695. The molecule has 0 unspecified atom stereocenters. The second kappa shape index (κ2) is 4.91. The monoisotopic (exact) mass is 246 g/mol. The van der Waals surface area contributed by atoms with E-state index in [0.717, 1.165) is 11.4 Å². The fraction of sp³-hybridized carbons (Fsp3) is 0.231. The zero-order valence-corrected chi connectivity index (χ0v) is 10.3. The highest BCUT2D eigenvalue weighted by Gasteiger charge is 2.15. The number of aromatic nitrogens is 2. The molecule has 0 saturated carbocycles. The van der Waals surface area contributed by atoms with Crippen molar-refractivity contribution in [2.24, 2.45) is 0 Å². The van der Waals surface area contributed by atoms with Crippen molar-refractivity contribution in [1.29, 1.82) is 0 Å². The third kappa shape index (κ3) is 2.07. The van der Waals surface area contributed by atoms with Gasteiger partial charge in [-0.15, -0.1) is 0 Å². The summed E-state index contributed by atoms with van der Waals surface area (Å²) in [5.74, 6) is -0.200. The van der Waals surface area contributed by atoms with Gasteiger partial charge in [-0.25, -0.2) is 9.48 Å². The first-order valence-corrected chi connectivity index (χ1v) is 5.62. The minimum atomic E-state index is -0.952. The van der Waals surface area contributed by atoms with Gasteiger partial charge in [0.1, 0.15) is 11.3 Å². The number of hydrogen-bond donors (Lipinski definition) is 1. The molecule has 2 aromatic rings. The SMILES string of the molecule is CCc1c(C(=O)O)cnn1-c1ccc(OC)cc1. The van der Waals surface area contributed by atoms with Crippen LogP contribution in [0.25, 0.3) is 5.69 Å². The van der Waals surface area contributed by atoms with Crippen LogP contribution in [-0.2, 0) is 6.42 Å². The van der Waals surface area contributed by atoms with Crippen molar-refractivity contribution in [2.45, 2.75) is 13.3 Å². The normalized spacial score (nSPS) is 10.3. The highest BCUT2D eigenvalue weighted by atomic mass is 16.5. The molecule has 0 saturated heterocycles. The largest absolute Gasteiger partial charge is 0.497 e. The molecule has 18 heavy (non-hydrogen) atoms. The second-order valence-corrected chi connectivity index (χ2v) is 3.77. The highest BCUT2D eigenvalue weighted by molar-refractivity contribution is 5.88. The molecule has 94 valence electrons. The fourth-order valence-corrected chi connectivity index (χ4v) is 1.84.